The number of thiazole rings is 1. The Morgan fingerprint density at radius 1 is 1.67 bits per heavy atom. The molecule has 0 fully saturated rings. The van der Waals surface area contributed by atoms with Crippen molar-refractivity contribution in [3.05, 3.63) is 11.2 Å². The molecule has 0 aliphatic rings. The molecule has 0 amide bonds. The second kappa shape index (κ2) is 6.23. The van der Waals surface area contributed by atoms with Gasteiger partial charge in [0.2, 0.25) is 0 Å². The van der Waals surface area contributed by atoms with Crippen molar-refractivity contribution in [3.63, 3.8) is 0 Å². The maximum Gasteiger partial charge on any atom is 0.356 e. The van der Waals surface area contributed by atoms with Crippen LogP contribution in [0.3, 0.4) is 0 Å². The van der Waals surface area contributed by atoms with E-state index in [0.29, 0.717) is 6.61 Å². The summed E-state index contributed by atoms with van der Waals surface area (Å²) in [7, 11) is -3.86. The third-order valence-corrected chi connectivity index (χ3v) is 4.79. The molecule has 1 rings (SSSR count). The van der Waals surface area contributed by atoms with Crippen LogP contribution in [0.5, 0.6) is 0 Å². The fourth-order valence-corrected chi connectivity index (χ4v) is 3.50. The molecule has 0 aliphatic heterocycles. The Hall–Kier alpha value is -1.03. The lowest BCUT2D eigenvalue weighted by molar-refractivity contribution is 0.0687. The highest BCUT2D eigenvalue weighted by Crippen LogP contribution is 2.19. The molecule has 0 aromatic carbocycles. The first kappa shape index (κ1) is 15.0. The van der Waals surface area contributed by atoms with Crippen LogP contribution in [0.15, 0.2) is 9.72 Å². The van der Waals surface area contributed by atoms with Gasteiger partial charge in [0.15, 0.2) is 9.90 Å². The number of nitrogens with zero attached hydrogens (tertiary/aromatic N) is 1. The normalized spacial score (nSPS) is 13.4. The number of rotatable bonds is 7. The predicted octanol–water partition coefficient (Wildman–Crippen LogP) is 0.545. The first-order valence-electron chi connectivity index (χ1n) is 5.16. The van der Waals surface area contributed by atoms with Crippen LogP contribution < -0.4 is 4.72 Å². The quantitative estimate of drug-likeness (QED) is 0.760. The standard InChI is InChI=1S/C9H14N2O5S2/c1-3-16-6(2)4-11-18(14,15)9-7(8(12)13)10-5-17-9/h5-6,11H,3-4H2,1-2H3,(H,12,13). The maximum atomic E-state index is 11.9. The Kier molecular flexibility index (Phi) is 5.20. The van der Waals surface area contributed by atoms with E-state index in [9.17, 15) is 13.2 Å². The molecule has 18 heavy (non-hydrogen) atoms. The van der Waals surface area contributed by atoms with E-state index >= 15 is 0 Å². The molecular formula is C9H14N2O5S2. The molecule has 1 aromatic heterocycles. The van der Waals surface area contributed by atoms with E-state index < -0.39 is 21.7 Å². The van der Waals surface area contributed by atoms with Crippen molar-refractivity contribution in [2.45, 2.75) is 24.2 Å². The summed E-state index contributed by atoms with van der Waals surface area (Å²) in [4.78, 5) is 14.3. The van der Waals surface area contributed by atoms with Crippen molar-refractivity contribution in [2.75, 3.05) is 13.2 Å². The predicted molar refractivity (Wildman–Crippen MR) is 65.3 cm³/mol. The smallest absolute Gasteiger partial charge is 0.356 e. The number of carbonyl (C=O) groups is 1. The molecule has 0 spiro atoms. The lowest BCUT2D eigenvalue weighted by Gasteiger charge is -2.12. The third-order valence-electron chi connectivity index (χ3n) is 1.99. The van der Waals surface area contributed by atoms with E-state index in [-0.39, 0.29) is 16.9 Å². The molecule has 1 aromatic rings. The Balaban J connectivity index is 2.80. The molecule has 0 aliphatic carbocycles. The summed E-state index contributed by atoms with van der Waals surface area (Å²) in [6.45, 7) is 4.07. The number of hydrogen-bond acceptors (Lipinski definition) is 6. The Morgan fingerprint density at radius 2 is 2.33 bits per heavy atom. The van der Waals surface area contributed by atoms with Crippen LogP contribution in [0.1, 0.15) is 24.3 Å². The minimum Gasteiger partial charge on any atom is -0.476 e. The van der Waals surface area contributed by atoms with Crippen LogP contribution in [0.4, 0.5) is 0 Å². The molecule has 9 heteroatoms. The SMILES string of the molecule is CCOC(C)CNS(=O)(=O)c1scnc1C(=O)O. The summed E-state index contributed by atoms with van der Waals surface area (Å²) in [6, 6.07) is 0. The highest BCUT2D eigenvalue weighted by atomic mass is 32.2. The lowest BCUT2D eigenvalue weighted by Crippen LogP contribution is -2.32. The highest BCUT2D eigenvalue weighted by molar-refractivity contribution is 7.91. The van der Waals surface area contributed by atoms with Gasteiger partial charge in [0.25, 0.3) is 10.0 Å². The summed E-state index contributed by atoms with van der Waals surface area (Å²) < 4.78 is 30.9. The monoisotopic (exact) mass is 294 g/mol. The zero-order valence-corrected chi connectivity index (χ0v) is 11.5. The van der Waals surface area contributed by atoms with E-state index in [0.717, 1.165) is 11.3 Å². The largest absolute Gasteiger partial charge is 0.476 e. The lowest BCUT2D eigenvalue weighted by atomic mass is 10.4. The topological polar surface area (TPSA) is 106 Å². The van der Waals surface area contributed by atoms with Gasteiger partial charge in [-0.2, -0.15) is 0 Å². The summed E-state index contributed by atoms with van der Waals surface area (Å²) in [6.07, 6.45) is -0.286. The Bertz CT molecular complexity index is 511. The Morgan fingerprint density at radius 3 is 2.89 bits per heavy atom. The van der Waals surface area contributed by atoms with Gasteiger partial charge in [-0.3, -0.25) is 0 Å². The molecule has 1 atom stereocenters. The molecule has 0 radical (unpaired) electrons. The summed E-state index contributed by atoms with van der Waals surface area (Å²) in [5.74, 6) is -1.37. The minimum atomic E-state index is -3.86. The van der Waals surface area contributed by atoms with E-state index in [4.69, 9.17) is 9.84 Å². The fraction of sp³-hybridized carbons (Fsp3) is 0.556. The van der Waals surface area contributed by atoms with Crippen molar-refractivity contribution in [1.82, 2.24) is 9.71 Å². The summed E-state index contributed by atoms with van der Waals surface area (Å²) in [5, 5.41) is 8.81. The molecular weight excluding hydrogens is 280 g/mol. The van der Waals surface area contributed by atoms with Crippen molar-refractivity contribution in [1.29, 1.82) is 0 Å². The third kappa shape index (κ3) is 3.73. The number of aromatic nitrogens is 1. The minimum absolute atomic E-state index is 0.0765. The first-order valence-corrected chi connectivity index (χ1v) is 7.52. The average molecular weight is 294 g/mol. The molecule has 102 valence electrons. The van der Waals surface area contributed by atoms with Gasteiger partial charge in [-0.15, -0.1) is 11.3 Å². The van der Waals surface area contributed by atoms with E-state index in [1.165, 1.54) is 5.51 Å². The number of carboxylic acid groups (broad SMARTS) is 1. The number of hydrogen-bond donors (Lipinski definition) is 2. The second-order valence-corrected chi connectivity index (χ2v) is 6.23. The summed E-state index contributed by atoms with van der Waals surface area (Å²) >= 11 is 0.767. The maximum absolute atomic E-state index is 11.9. The van der Waals surface area contributed by atoms with Gasteiger partial charge in [0, 0.05) is 13.2 Å². The fourth-order valence-electron chi connectivity index (χ4n) is 1.20. The van der Waals surface area contributed by atoms with E-state index in [1.807, 2.05) is 0 Å². The van der Waals surface area contributed by atoms with Gasteiger partial charge < -0.3 is 9.84 Å². The van der Waals surface area contributed by atoms with Gasteiger partial charge in [0.1, 0.15) is 0 Å². The molecule has 1 heterocycles. The van der Waals surface area contributed by atoms with Crippen LogP contribution in [-0.2, 0) is 14.8 Å². The average Bonchev–Trinajstić information content (AvgIpc) is 2.76. The van der Waals surface area contributed by atoms with Crippen LogP contribution in [0.25, 0.3) is 0 Å². The zero-order chi connectivity index (χ0) is 13.8. The zero-order valence-electron chi connectivity index (χ0n) is 9.91. The van der Waals surface area contributed by atoms with Crippen molar-refractivity contribution in [2.24, 2.45) is 0 Å². The van der Waals surface area contributed by atoms with E-state index in [2.05, 4.69) is 9.71 Å². The van der Waals surface area contributed by atoms with Gasteiger partial charge in [-0.25, -0.2) is 22.9 Å². The number of nitrogens with one attached hydrogen (secondary N) is 1. The highest BCUT2D eigenvalue weighted by Gasteiger charge is 2.25. The number of ether oxygens (including phenoxy) is 1. The number of aromatic carboxylic acids is 1. The van der Waals surface area contributed by atoms with Crippen LogP contribution >= 0.6 is 11.3 Å². The van der Waals surface area contributed by atoms with E-state index in [1.54, 1.807) is 13.8 Å². The van der Waals surface area contributed by atoms with Gasteiger partial charge in [-0.1, -0.05) is 0 Å². The van der Waals surface area contributed by atoms with Gasteiger partial charge in [-0.05, 0) is 13.8 Å². The summed E-state index contributed by atoms with van der Waals surface area (Å²) in [5.41, 5.74) is 0.723. The molecule has 7 nitrogen and oxygen atoms in total. The number of sulfonamides is 1. The van der Waals surface area contributed by atoms with Crippen molar-refractivity contribution >= 4 is 27.3 Å². The first-order chi connectivity index (χ1) is 8.38. The van der Waals surface area contributed by atoms with Crippen LogP contribution in [0, 0.1) is 0 Å². The van der Waals surface area contributed by atoms with Crippen molar-refractivity contribution in [3.8, 4) is 0 Å². The molecule has 0 bridgehead atoms. The second-order valence-electron chi connectivity index (χ2n) is 3.41. The molecule has 1 unspecified atom stereocenters. The van der Waals surface area contributed by atoms with Crippen LogP contribution in [-0.4, -0.2) is 43.7 Å². The van der Waals surface area contributed by atoms with Gasteiger partial charge in [0.05, 0.1) is 11.6 Å². The van der Waals surface area contributed by atoms with Crippen LogP contribution in [0.2, 0.25) is 0 Å². The molecule has 0 saturated carbocycles. The molecule has 0 saturated heterocycles. The molecule has 2 N–H and O–H groups in total. The van der Waals surface area contributed by atoms with Crippen molar-refractivity contribution < 1.29 is 23.1 Å². The van der Waals surface area contributed by atoms with Gasteiger partial charge >= 0.3 is 5.97 Å². The Labute approximate surface area is 109 Å². The number of carboxylic acids is 1.